The van der Waals surface area contributed by atoms with E-state index in [1.165, 1.54) is 0 Å². The molecule has 1 fully saturated rings. The van der Waals surface area contributed by atoms with Gasteiger partial charge in [-0.15, -0.1) is 0 Å². The number of carboxylic acids is 1. The van der Waals surface area contributed by atoms with E-state index < -0.39 is 5.97 Å². The molecule has 4 nitrogen and oxygen atoms in total. The fourth-order valence-corrected chi connectivity index (χ4v) is 1.84. The Morgan fingerprint density at radius 1 is 1.67 bits per heavy atom. The first-order valence-electron chi connectivity index (χ1n) is 5.51. The van der Waals surface area contributed by atoms with Crippen LogP contribution in [0.2, 0.25) is 0 Å². The van der Waals surface area contributed by atoms with Crippen molar-refractivity contribution in [2.24, 2.45) is 5.92 Å². The molecular formula is C11H21NO3. The molecular weight excluding hydrogens is 194 g/mol. The topological polar surface area (TPSA) is 58.6 Å². The maximum atomic E-state index is 10.6. The second-order valence-corrected chi connectivity index (χ2v) is 4.95. The van der Waals surface area contributed by atoms with Gasteiger partial charge in [0.1, 0.15) is 0 Å². The zero-order valence-electron chi connectivity index (χ0n) is 9.75. The molecule has 0 aromatic heterocycles. The predicted octanol–water partition coefficient (Wildman–Crippen LogP) is 1.25. The number of carbonyl (C=O) groups is 1. The SMILES string of the molecule is CC(CNC1CCOC(C)(C)C1)C(=O)O. The normalized spacial score (nSPS) is 27.3. The number of rotatable bonds is 4. The first kappa shape index (κ1) is 12.5. The van der Waals surface area contributed by atoms with E-state index in [-0.39, 0.29) is 11.5 Å². The molecule has 0 bridgehead atoms. The van der Waals surface area contributed by atoms with Gasteiger partial charge in [-0.1, -0.05) is 6.92 Å². The third-order valence-corrected chi connectivity index (χ3v) is 2.83. The van der Waals surface area contributed by atoms with Crippen LogP contribution in [0.4, 0.5) is 0 Å². The number of ether oxygens (including phenoxy) is 1. The third kappa shape index (κ3) is 4.18. The highest BCUT2D eigenvalue weighted by Gasteiger charge is 2.28. The van der Waals surface area contributed by atoms with E-state index in [0.29, 0.717) is 12.6 Å². The lowest BCUT2D eigenvalue weighted by Gasteiger charge is -2.36. The smallest absolute Gasteiger partial charge is 0.307 e. The maximum absolute atomic E-state index is 10.6. The molecule has 1 saturated heterocycles. The van der Waals surface area contributed by atoms with Crippen molar-refractivity contribution in [1.82, 2.24) is 5.32 Å². The van der Waals surface area contributed by atoms with E-state index in [1.807, 2.05) is 0 Å². The van der Waals surface area contributed by atoms with Gasteiger partial charge in [0.25, 0.3) is 0 Å². The van der Waals surface area contributed by atoms with Crippen LogP contribution in [0, 0.1) is 5.92 Å². The van der Waals surface area contributed by atoms with Crippen molar-refractivity contribution in [3.63, 3.8) is 0 Å². The summed E-state index contributed by atoms with van der Waals surface area (Å²) in [4.78, 5) is 10.6. The Hall–Kier alpha value is -0.610. The molecule has 0 aliphatic carbocycles. The minimum absolute atomic E-state index is 0.0810. The van der Waals surface area contributed by atoms with Gasteiger partial charge in [-0.25, -0.2) is 0 Å². The Bertz CT molecular complexity index is 228. The van der Waals surface area contributed by atoms with Crippen LogP contribution in [-0.4, -0.2) is 35.9 Å². The zero-order chi connectivity index (χ0) is 11.5. The van der Waals surface area contributed by atoms with Crippen molar-refractivity contribution in [3.05, 3.63) is 0 Å². The molecule has 0 aromatic carbocycles. The van der Waals surface area contributed by atoms with E-state index in [1.54, 1.807) is 6.92 Å². The molecule has 0 amide bonds. The molecule has 0 aromatic rings. The minimum Gasteiger partial charge on any atom is -0.481 e. The second kappa shape index (κ2) is 4.94. The monoisotopic (exact) mass is 215 g/mol. The molecule has 2 unspecified atom stereocenters. The van der Waals surface area contributed by atoms with Crippen LogP contribution in [-0.2, 0) is 9.53 Å². The summed E-state index contributed by atoms with van der Waals surface area (Å²) in [5, 5.41) is 12.0. The highest BCUT2D eigenvalue weighted by molar-refractivity contribution is 5.69. The van der Waals surface area contributed by atoms with Gasteiger partial charge < -0.3 is 15.2 Å². The van der Waals surface area contributed by atoms with Gasteiger partial charge in [0.2, 0.25) is 0 Å². The summed E-state index contributed by atoms with van der Waals surface area (Å²) in [6.45, 7) is 7.16. The zero-order valence-corrected chi connectivity index (χ0v) is 9.75. The summed E-state index contributed by atoms with van der Waals surface area (Å²) < 4.78 is 5.59. The van der Waals surface area contributed by atoms with Crippen LogP contribution < -0.4 is 5.32 Å². The van der Waals surface area contributed by atoms with Gasteiger partial charge in [0.05, 0.1) is 11.5 Å². The van der Waals surface area contributed by atoms with E-state index in [0.717, 1.165) is 19.4 Å². The molecule has 2 N–H and O–H groups in total. The van der Waals surface area contributed by atoms with E-state index in [9.17, 15) is 4.79 Å². The van der Waals surface area contributed by atoms with Gasteiger partial charge in [-0.2, -0.15) is 0 Å². The third-order valence-electron chi connectivity index (χ3n) is 2.83. The lowest BCUT2D eigenvalue weighted by molar-refractivity contribution is -0.141. The van der Waals surface area contributed by atoms with Crippen molar-refractivity contribution in [3.8, 4) is 0 Å². The number of nitrogens with one attached hydrogen (secondary N) is 1. The van der Waals surface area contributed by atoms with Crippen LogP contribution in [0.15, 0.2) is 0 Å². The van der Waals surface area contributed by atoms with Crippen LogP contribution >= 0.6 is 0 Å². The average molecular weight is 215 g/mol. The molecule has 15 heavy (non-hydrogen) atoms. The molecule has 4 heteroatoms. The van der Waals surface area contributed by atoms with Crippen LogP contribution in [0.1, 0.15) is 33.6 Å². The lowest BCUT2D eigenvalue weighted by Crippen LogP contribution is -2.45. The average Bonchev–Trinajstić information content (AvgIpc) is 2.12. The fourth-order valence-electron chi connectivity index (χ4n) is 1.84. The van der Waals surface area contributed by atoms with Gasteiger partial charge in [-0.05, 0) is 26.7 Å². The Kier molecular flexibility index (Phi) is 4.11. The standard InChI is InChI=1S/C11H21NO3/c1-8(10(13)14)7-12-9-4-5-15-11(2,3)6-9/h8-9,12H,4-7H2,1-3H3,(H,13,14). The summed E-state index contributed by atoms with van der Waals surface area (Å²) in [5.74, 6) is -1.07. The molecule has 1 rings (SSSR count). The van der Waals surface area contributed by atoms with Gasteiger partial charge in [-0.3, -0.25) is 4.79 Å². The summed E-state index contributed by atoms with van der Waals surface area (Å²) in [5.41, 5.74) is -0.0810. The molecule has 1 heterocycles. The van der Waals surface area contributed by atoms with Crippen molar-refractivity contribution >= 4 is 5.97 Å². The first-order valence-corrected chi connectivity index (χ1v) is 5.51. The van der Waals surface area contributed by atoms with Gasteiger partial charge >= 0.3 is 5.97 Å². The minimum atomic E-state index is -0.742. The van der Waals surface area contributed by atoms with E-state index in [2.05, 4.69) is 19.2 Å². The molecule has 0 saturated carbocycles. The number of hydrogen-bond acceptors (Lipinski definition) is 3. The van der Waals surface area contributed by atoms with Crippen LogP contribution in [0.3, 0.4) is 0 Å². The molecule has 0 spiro atoms. The molecule has 0 radical (unpaired) electrons. The van der Waals surface area contributed by atoms with Crippen molar-refractivity contribution in [2.45, 2.75) is 45.3 Å². The maximum Gasteiger partial charge on any atom is 0.307 e. The van der Waals surface area contributed by atoms with Gasteiger partial charge in [0, 0.05) is 19.2 Å². The Morgan fingerprint density at radius 2 is 2.33 bits per heavy atom. The van der Waals surface area contributed by atoms with Crippen molar-refractivity contribution < 1.29 is 14.6 Å². The van der Waals surface area contributed by atoms with Crippen LogP contribution in [0.25, 0.3) is 0 Å². The Balaban J connectivity index is 2.30. The fraction of sp³-hybridized carbons (Fsp3) is 0.909. The lowest BCUT2D eigenvalue weighted by atomic mass is 9.93. The quantitative estimate of drug-likeness (QED) is 0.741. The predicted molar refractivity (Wildman–Crippen MR) is 57.9 cm³/mol. The number of carboxylic acid groups (broad SMARTS) is 1. The first-order chi connectivity index (χ1) is 6.91. The summed E-state index contributed by atoms with van der Waals surface area (Å²) in [6, 6.07) is 0.385. The highest BCUT2D eigenvalue weighted by Crippen LogP contribution is 2.23. The molecule has 1 aliphatic heterocycles. The number of hydrogen-bond donors (Lipinski definition) is 2. The van der Waals surface area contributed by atoms with Gasteiger partial charge in [0.15, 0.2) is 0 Å². The molecule has 2 atom stereocenters. The summed E-state index contributed by atoms with van der Waals surface area (Å²) in [7, 11) is 0. The Morgan fingerprint density at radius 3 is 2.87 bits per heavy atom. The molecule has 1 aliphatic rings. The van der Waals surface area contributed by atoms with Crippen LogP contribution in [0.5, 0.6) is 0 Å². The van der Waals surface area contributed by atoms with Crippen molar-refractivity contribution in [2.75, 3.05) is 13.2 Å². The van der Waals surface area contributed by atoms with E-state index >= 15 is 0 Å². The molecule has 88 valence electrons. The van der Waals surface area contributed by atoms with Crippen molar-refractivity contribution in [1.29, 1.82) is 0 Å². The number of aliphatic carboxylic acids is 1. The largest absolute Gasteiger partial charge is 0.481 e. The van der Waals surface area contributed by atoms with E-state index in [4.69, 9.17) is 9.84 Å². The Labute approximate surface area is 91.0 Å². The summed E-state index contributed by atoms with van der Waals surface area (Å²) >= 11 is 0. The second-order valence-electron chi connectivity index (χ2n) is 4.95. The summed E-state index contributed by atoms with van der Waals surface area (Å²) in [6.07, 6.45) is 1.91. The highest BCUT2D eigenvalue weighted by atomic mass is 16.5.